The predicted octanol–water partition coefficient (Wildman–Crippen LogP) is 5.10. The Morgan fingerprint density at radius 2 is 1.70 bits per heavy atom. The minimum atomic E-state index is -0.332. The van der Waals surface area contributed by atoms with Gasteiger partial charge in [0, 0.05) is 11.4 Å². The molecule has 2 N–H and O–H groups in total. The maximum Gasteiger partial charge on any atom is 0.275 e. The fraction of sp³-hybridized carbons (Fsp3) is 0.160. The number of nitrogens with zero attached hydrogens (tertiary/aromatic N) is 1. The van der Waals surface area contributed by atoms with E-state index in [-0.39, 0.29) is 17.7 Å². The van der Waals surface area contributed by atoms with Gasteiger partial charge >= 0.3 is 0 Å². The summed E-state index contributed by atoms with van der Waals surface area (Å²) in [4.78, 5) is 15.2. The van der Waals surface area contributed by atoms with Gasteiger partial charge < -0.3 is 15.2 Å². The lowest BCUT2D eigenvalue weighted by Crippen LogP contribution is -2.30. The third-order valence-electron chi connectivity index (χ3n) is 5.17. The van der Waals surface area contributed by atoms with Gasteiger partial charge in [0.15, 0.2) is 11.5 Å². The van der Waals surface area contributed by atoms with Crippen molar-refractivity contribution in [1.29, 1.82) is 0 Å². The number of hydrogen-bond donors (Lipinski definition) is 2. The molecule has 0 fully saturated rings. The van der Waals surface area contributed by atoms with Crippen LogP contribution in [0.4, 0.5) is 11.4 Å². The SMILES string of the molecule is COc1cc(C2C=C(Nc3cccc(C)c3)C(=O)N2c2cccc(C)c2)ccc1O. The van der Waals surface area contributed by atoms with Gasteiger partial charge in [-0.1, -0.05) is 30.3 Å². The van der Waals surface area contributed by atoms with E-state index in [2.05, 4.69) is 5.32 Å². The summed E-state index contributed by atoms with van der Waals surface area (Å²) in [5, 5.41) is 13.3. The van der Waals surface area contributed by atoms with E-state index in [1.54, 1.807) is 17.0 Å². The van der Waals surface area contributed by atoms with Crippen LogP contribution in [0.3, 0.4) is 0 Å². The Hall–Kier alpha value is -3.73. The maximum absolute atomic E-state index is 13.4. The molecule has 0 saturated heterocycles. The van der Waals surface area contributed by atoms with Gasteiger partial charge in [0.2, 0.25) is 0 Å². The van der Waals surface area contributed by atoms with Crippen LogP contribution in [0.25, 0.3) is 0 Å². The second-order valence-electron chi connectivity index (χ2n) is 7.47. The highest BCUT2D eigenvalue weighted by Gasteiger charge is 2.35. The number of rotatable bonds is 5. The Labute approximate surface area is 176 Å². The molecule has 1 aliphatic rings. The van der Waals surface area contributed by atoms with Crippen LogP contribution in [-0.4, -0.2) is 18.1 Å². The number of amides is 1. The number of aryl methyl sites for hydroxylation is 2. The smallest absolute Gasteiger partial charge is 0.275 e. The van der Waals surface area contributed by atoms with E-state index in [0.29, 0.717) is 11.4 Å². The van der Waals surface area contributed by atoms with Crippen LogP contribution in [-0.2, 0) is 4.79 Å². The Bertz CT molecular complexity index is 1140. The molecule has 4 rings (SSSR count). The summed E-state index contributed by atoms with van der Waals surface area (Å²) in [5.41, 5.74) is 5.22. The lowest BCUT2D eigenvalue weighted by atomic mass is 10.0. The number of methoxy groups -OCH3 is 1. The summed E-state index contributed by atoms with van der Waals surface area (Å²) in [7, 11) is 1.51. The molecule has 3 aromatic carbocycles. The molecule has 1 unspecified atom stereocenters. The normalized spacial score (nSPS) is 15.8. The van der Waals surface area contributed by atoms with Crippen LogP contribution in [0.15, 0.2) is 78.5 Å². The van der Waals surface area contributed by atoms with E-state index in [4.69, 9.17) is 4.74 Å². The number of benzene rings is 3. The van der Waals surface area contributed by atoms with Crippen LogP contribution in [0, 0.1) is 13.8 Å². The van der Waals surface area contributed by atoms with Crippen LogP contribution < -0.4 is 15.0 Å². The van der Waals surface area contributed by atoms with E-state index < -0.39 is 0 Å². The van der Waals surface area contributed by atoms with Crippen molar-refractivity contribution in [2.24, 2.45) is 0 Å². The maximum atomic E-state index is 13.4. The number of aromatic hydroxyl groups is 1. The highest BCUT2D eigenvalue weighted by atomic mass is 16.5. The highest BCUT2D eigenvalue weighted by Crippen LogP contribution is 2.39. The average Bonchev–Trinajstić information content (AvgIpc) is 3.04. The topological polar surface area (TPSA) is 61.8 Å². The third-order valence-corrected chi connectivity index (χ3v) is 5.17. The van der Waals surface area contributed by atoms with Crippen molar-refractivity contribution in [1.82, 2.24) is 0 Å². The van der Waals surface area contributed by atoms with Crippen LogP contribution in [0.5, 0.6) is 11.5 Å². The largest absolute Gasteiger partial charge is 0.504 e. The molecular weight excluding hydrogens is 376 g/mol. The molecule has 1 amide bonds. The standard InChI is InChI=1S/C25H24N2O3/c1-16-6-4-8-19(12-16)26-21-15-22(18-10-11-23(28)24(14-18)30-3)27(25(21)29)20-9-5-7-17(2)13-20/h4-15,22,26,28H,1-3H3. The zero-order valence-corrected chi connectivity index (χ0v) is 17.2. The molecular formula is C25H24N2O3. The van der Waals surface area contributed by atoms with Gasteiger partial charge in [0.1, 0.15) is 5.70 Å². The van der Waals surface area contributed by atoms with Crippen molar-refractivity contribution in [3.63, 3.8) is 0 Å². The van der Waals surface area contributed by atoms with Gasteiger partial charge in [-0.3, -0.25) is 9.69 Å². The highest BCUT2D eigenvalue weighted by molar-refractivity contribution is 6.11. The molecule has 5 heteroatoms. The zero-order chi connectivity index (χ0) is 21.3. The van der Waals surface area contributed by atoms with Crippen molar-refractivity contribution >= 4 is 17.3 Å². The van der Waals surface area contributed by atoms with Gasteiger partial charge in [-0.25, -0.2) is 0 Å². The van der Waals surface area contributed by atoms with E-state index >= 15 is 0 Å². The van der Waals surface area contributed by atoms with Crippen molar-refractivity contribution in [2.75, 3.05) is 17.3 Å². The van der Waals surface area contributed by atoms with Crippen molar-refractivity contribution in [3.8, 4) is 11.5 Å². The summed E-state index contributed by atoms with van der Waals surface area (Å²) in [6, 6.07) is 20.6. The van der Waals surface area contributed by atoms with Crippen molar-refractivity contribution < 1.29 is 14.6 Å². The minimum absolute atomic E-state index is 0.0646. The molecule has 5 nitrogen and oxygen atoms in total. The van der Waals surface area contributed by atoms with Crippen LogP contribution >= 0.6 is 0 Å². The number of ether oxygens (including phenoxy) is 1. The van der Waals surface area contributed by atoms with E-state index in [1.165, 1.54) is 7.11 Å². The first-order chi connectivity index (χ1) is 14.5. The second kappa shape index (κ2) is 7.95. The number of hydrogen-bond acceptors (Lipinski definition) is 4. The molecule has 1 atom stereocenters. The third kappa shape index (κ3) is 3.74. The summed E-state index contributed by atoms with van der Waals surface area (Å²) in [6.07, 6.45) is 1.92. The second-order valence-corrected chi connectivity index (χ2v) is 7.47. The molecule has 0 aromatic heterocycles. The minimum Gasteiger partial charge on any atom is -0.504 e. The quantitative estimate of drug-likeness (QED) is 0.625. The Morgan fingerprint density at radius 3 is 2.40 bits per heavy atom. The summed E-state index contributed by atoms with van der Waals surface area (Å²) in [6.45, 7) is 4.02. The number of anilines is 2. The summed E-state index contributed by atoms with van der Waals surface area (Å²) < 4.78 is 5.28. The molecule has 1 heterocycles. The number of phenols is 1. The number of carbonyl (C=O) groups excluding carboxylic acids is 1. The van der Waals surface area contributed by atoms with E-state index in [1.807, 2.05) is 74.5 Å². The number of nitrogens with one attached hydrogen (secondary N) is 1. The Balaban J connectivity index is 1.77. The van der Waals surface area contributed by atoms with E-state index in [0.717, 1.165) is 28.1 Å². The lowest BCUT2D eigenvalue weighted by Gasteiger charge is -2.26. The Morgan fingerprint density at radius 1 is 0.967 bits per heavy atom. The first-order valence-electron chi connectivity index (χ1n) is 9.79. The summed E-state index contributed by atoms with van der Waals surface area (Å²) >= 11 is 0. The first kappa shape index (κ1) is 19.6. The molecule has 0 aliphatic carbocycles. The van der Waals surface area contributed by atoms with Gasteiger partial charge in [0.05, 0.1) is 13.2 Å². The zero-order valence-electron chi connectivity index (χ0n) is 17.2. The van der Waals surface area contributed by atoms with Gasteiger partial charge in [0.25, 0.3) is 5.91 Å². The van der Waals surface area contributed by atoms with Crippen LogP contribution in [0.1, 0.15) is 22.7 Å². The molecule has 152 valence electrons. The fourth-order valence-corrected chi connectivity index (χ4v) is 3.71. The van der Waals surface area contributed by atoms with Crippen molar-refractivity contribution in [2.45, 2.75) is 19.9 Å². The monoisotopic (exact) mass is 400 g/mol. The van der Waals surface area contributed by atoms with Crippen LogP contribution in [0.2, 0.25) is 0 Å². The summed E-state index contributed by atoms with van der Waals surface area (Å²) in [5.74, 6) is 0.326. The molecule has 3 aromatic rings. The Kier molecular flexibility index (Phi) is 5.19. The number of phenolic OH excluding ortho intramolecular Hbond substituents is 1. The predicted molar refractivity (Wildman–Crippen MR) is 119 cm³/mol. The lowest BCUT2D eigenvalue weighted by molar-refractivity contribution is -0.114. The molecule has 0 spiro atoms. The van der Waals surface area contributed by atoms with Gasteiger partial charge in [-0.2, -0.15) is 0 Å². The van der Waals surface area contributed by atoms with Gasteiger partial charge in [-0.15, -0.1) is 0 Å². The molecule has 30 heavy (non-hydrogen) atoms. The fourth-order valence-electron chi connectivity index (χ4n) is 3.71. The molecule has 0 bridgehead atoms. The average molecular weight is 400 g/mol. The number of carbonyl (C=O) groups is 1. The molecule has 1 aliphatic heterocycles. The first-order valence-corrected chi connectivity index (χ1v) is 9.79. The van der Waals surface area contributed by atoms with Crippen molar-refractivity contribution in [3.05, 3.63) is 95.2 Å². The van der Waals surface area contributed by atoms with Gasteiger partial charge in [-0.05, 0) is 73.0 Å². The van der Waals surface area contributed by atoms with E-state index in [9.17, 15) is 9.90 Å². The molecule has 0 radical (unpaired) electrons. The molecule has 0 saturated carbocycles.